The molecule has 1 fully saturated rings. The van der Waals surface area contributed by atoms with Crippen molar-refractivity contribution >= 4 is 5.91 Å². The van der Waals surface area contributed by atoms with Crippen LogP contribution in [-0.2, 0) is 10.7 Å². The van der Waals surface area contributed by atoms with Crippen LogP contribution in [0.4, 0.5) is 8.78 Å². The van der Waals surface area contributed by atoms with Gasteiger partial charge < -0.3 is 4.90 Å². The third kappa shape index (κ3) is 2.52. The number of carbonyl (C=O) groups excluding carboxylic acids is 1. The average Bonchev–Trinajstić information content (AvgIpc) is 2.40. The van der Waals surface area contributed by atoms with Crippen molar-refractivity contribution in [1.29, 1.82) is 0 Å². The molecule has 1 heterocycles. The zero-order valence-corrected chi connectivity index (χ0v) is 10.4. The number of halogens is 2. The molecule has 0 bridgehead atoms. The number of benzene rings is 1. The van der Waals surface area contributed by atoms with Gasteiger partial charge in [0.25, 0.3) is 5.91 Å². The van der Waals surface area contributed by atoms with E-state index in [1.165, 1.54) is 29.2 Å². The molecular weight excluding hydrogens is 236 g/mol. The van der Waals surface area contributed by atoms with Crippen LogP contribution in [0, 0.1) is 5.92 Å². The fourth-order valence-corrected chi connectivity index (χ4v) is 2.18. The third-order valence-corrected chi connectivity index (χ3v) is 3.48. The summed E-state index contributed by atoms with van der Waals surface area (Å²) in [6.45, 7) is 2.95. The highest BCUT2D eigenvalue weighted by Gasteiger charge is 2.44. The summed E-state index contributed by atoms with van der Waals surface area (Å²) in [5.41, 5.74) is -0.228. The minimum Gasteiger partial charge on any atom is -0.337 e. The van der Waals surface area contributed by atoms with Crippen molar-refractivity contribution in [1.82, 2.24) is 4.90 Å². The normalized spacial score (nSPS) is 17.8. The lowest BCUT2D eigenvalue weighted by atomic mass is 9.98. The maximum Gasteiger partial charge on any atom is 0.349 e. The van der Waals surface area contributed by atoms with E-state index in [2.05, 4.69) is 6.92 Å². The van der Waals surface area contributed by atoms with Crippen molar-refractivity contribution in [3.63, 3.8) is 0 Å². The van der Waals surface area contributed by atoms with E-state index >= 15 is 0 Å². The van der Waals surface area contributed by atoms with Crippen LogP contribution in [0.1, 0.15) is 25.3 Å². The van der Waals surface area contributed by atoms with Crippen LogP contribution >= 0.6 is 0 Å². The predicted octanol–water partition coefficient (Wildman–Crippen LogP) is 3.04. The first-order valence-electron chi connectivity index (χ1n) is 6.24. The Morgan fingerprint density at radius 2 is 1.78 bits per heavy atom. The van der Waals surface area contributed by atoms with E-state index in [1.807, 2.05) is 0 Å². The molecule has 18 heavy (non-hydrogen) atoms. The van der Waals surface area contributed by atoms with E-state index in [4.69, 9.17) is 0 Å². The molecule has 0 N–H and O–H groups in total. The monoisotopic (exact) mass is 253 g/mol. The van der Waals surface area contributed by atoms with Gasteiger partial charge in [0.05, 0.1) is 0 Å². The number of hydrogen-bond donors (Lipinski definition) is 0. The third-order valence-electron chi connectivity index (χ3n) is 3.48. The van der Waals surface area contributed by atoms with Gasteiger partial charge in [0, 0.05) is 18.7 Å². The molecule has 4 heteroatoms. The van der Waals surface area contributed by atoms with Crippen molar-refractivity contribution in [2.24, 2.45) is 5.92 Å². The summed E-state index contributed by atoms with van der Waals surface area (Å²) in [4.78, 5) is 13.2. The Kier molecular flexibility index (Phi) is 3.64. The number of likely N-dealkylation sites (tertiary alicyclic amines) is 1. The molecule has 0 radical (unpaired) electrons. The quantitative estimate of drug-likeness (QED) is 0.793. The van der Waals surface area contributed by atoms with Crippen LogP contribution in [0.25, 0.3) is 0 Å². The van der Waals surface area contributed by atoms with Gasteiger partial charge in [0.15, 0.2) is 0 Å². The first kappa shape index (κ1) is 13.0. The highest BCUT2D eigenvalue weighted by molar-refractivity contribution is 5.84. The second kappa shape index (κ2) is 5.04. The van der Waals surface area contributed by atoms with Crippen molar-refractivity contribution in [3.8, 4) is 0 Å². The molecule has 1 amide bonds. The van der Waals surface area contributed by atoms with Crippen LogP contribution in [-0.4, -0.2) is 23.9 Å². The van der Waals surface area contributed by atoms with Gasteiger partial charge >= 0.3 is 5.92 Å². The number of nitrogens with zero attached hydrogens (tertiary/aromatic N) is 1. The fourth-order valence-electron chi connectivity index (χ4n) is 2.18. The highest BCUT2D eigenvalue weighted by atomic mass is 19.3. The SMILES string of the molecule is CC1CCN(C(=O)C(F)(F)c2ccccc2)CC1. The van der Waals surface area contributed by atoms with E-state index in [0.29, 0.717) is 19.0 Å². The molecule has 1 aromatic carbocycles. The lowest BCUT2D eigenvalue weighted by Gasteiger charge is -2.32. The Morgan fingerprint density at radius 3 is 2.33 bits per heavy atom. The van der Waals surface area contributed by atoms with Gasteiger partial charge in [-0.3, -0.25) is 4.79 Å². The molecule has 0 unspecified atom stereocenters. The van der Waals surface area contributed by atoms with Crippen molar-refractivity contribution in [2.75, 3.05) is 13.1 Å². The Bertz CT molecular complexity index is 411. The Labute approximate surface area is 106 Å². The second-order valence-electron chi connectivity index (χ2n) is 4.92. The Hall–Kier alpha value is -1.45. The van der Waals surface area contributed by atoms with Gasteiger partial charge in [-0.15, -0.1) is 0 Å². The first-order chi connectivity index (χ1) is 8.51. The summed E-state index contributed by atoms with van der Waals surface area (Å²) in [6.07, 6.45) is 1.60. The van der Waals surface area contributed by atoms with Crippen molar-refractivity contribution in [3.05, 3.63) is 35.9 Å². The standard InChI is InChI=1S/C14H17F2NO/c1-11-7-9-17(10-8-11)13(18)14(15,16)12-5-3-2-4-6-12/h2-6,11H,7-10H2,1H3. The zero-order valence-electron chi connectivity index (χ0n) is 10.4. The summed E-state index contributed by atoms with van der Waals surface area (Å²) < 4.78 is 28.1. The summed E-state index contributed by atoms with van der Waals surface area (Å²) in [6, 6.07) is 7.30. The number of hydrogen-bond acceptors (Lipinski definition) is 1. The molecule has 0 spiro atoms. The summed E-state index contributed by atoms with van der Waals surface area (Å²) in [7, 11) is 0. The smallest absolute Gasteiger partial charge is 0.337 e. The first-order valence-corrected chi connectivity index (χ1v) is 6.24. The molecule has 1 aromatic rings. The molecule has 2 rings (SSSR count). The summed E-state index contributed by atoms with van der Waals surface area (Å²) >= 11 is 0. The summed E-state index contributed by atoms with van der Waals surface area (Å²) in [5, 5.41) is 0. The highest BCUT2D eigenvalue weighted by Crippen LogP contribution is 2.31. The number of carbonyl (C=O) groups is 1. The number of rotatable bonds is 2. The van der Waals surface area contributed by atoms with Gasteiger partial charge in [-0.1, -0.05) is 37.3 Å². The Balaban J connectivity index is 2.13. The Morgan fingerprint density at radius 1 is 1.22 bits per heavy atom. The number of alkyl halides is 2. The van der Waals surface area contributed by atoms with Gasteiger partial charge in [-0.25, -0.2) is 0 Å². The zero-order chi connectivity index (χ0) is 13.2. The van der Waals surface area contributed by atoms with Crippen molar-refractivity contribution < 1.29 is 13.6 Å². The number of piperidine rings is 1. The molecule has 0 saturated carbocycles. The van der Waals surface area contributed by atoms with E-state index in [-0.39, 0.29) is 5.56 Å². The van der Waals surface area contributed by atoms with E-state index in [0.717, 1.165) is 12.8 Å². The minimum atomic E-state index is -3.41. The maximum atomic E-state index is 14.0. The molecule has 2 nitrogen and oxygen atoms in total. The van der Waals surface area contributed by atoms with Gasteiger partial charge in [0.2, 0.25) is 0 Å². The van der Waals surface area contributed by atoms with Gasteiger partial charge in [0.1, 0.15) is 0 Å². The largest absolute Gasteiger partial charge is 0.349 e. The van der Waals surface area contributed by atoms with Gasteiger partial charge in [-0.05, 0) is 18.8 Å². The topological polar surface area (TPSA) is 20.3 Å². The molecular formula is C14H17F2NO. The fraction of sp³-hybridized carbons (Fsp3) is 0.500. The molecule has 1 saturated heterocycles. The van der Waals surface area contributed by atoms with Crippen LogP contribution in [0.2, 0.25) is 0 Å². The lowest BCUT2D eigenvalue weighted by molar-refractivity contribution is -0.160. The van der Waals surface area contributed by atoms with E-state index in [9.17, 15) is 13.6 Å². The molecule has 1 aliphatic rings. The second-order valence-corrected chi connectivity index (χ2v) is 4.92. The van der Waals surface area contributed by atoms with Crippen LogP contribution in [0.5, 0.6) is 0 Å². The molecule has 98 valence electrons. The predicted molar refractivity (Wildman–Crippen MR) is 65.3 cm³/mol. The number of amides is 1. The van der Waals surface area contributed by atoms with Gasteiger partial charge in [-0.2, -0.15) is 8.78 Å². The van der Waals surface area contributed by atoms with E-state index in [1.54, 1.807) is 6.07 Å². The molecule has 0 atom stereocenters. The van der Waals surface area contributed by atoms with Crippen LogP contribution in [0.15, 0.2) is 30.3 Å². The summed E-state index contributed by atoms with van der Waals surface area (Å²) in [5.74, 6) is -3.97. The van der Waals surface area contributed by atoms with Crippen molar-refractivity contribution in [2.45, 2.75) is 25.7 Å². The molecule has 0 aliphatic carbocycles. The van der Waals surface area contributed by atoms with Crippen LogP contribution < -0.4 is 0 Å². The molecule has 0 aromatic heterocycles. The lowest BCUT2D eigenvalue weighted by Crippen LogP contribution is -2.45. The molecule has 1 aliphatic heterocycles. The van der Waals surface area contributed by atoms with Crippen LogP contribution in [0.3, 0.4) is 0 Å². The average molecular weight is 253 g/mol. The van der Waals surface area contributed by atoms with E-state index < -0.39 is 11.8 Å². The maximum absolute atomic E-state index is 14.0. The minimum absolute atomic E-state index is 0.228.